The van der Waals surface area contributed by atoms with E-state index in [9.17, 15) is 0 Å². The molecule has 2 heteroatoms. The summed E-state index contributed by atoms with van der Waals surface area (Å²) in [7, 11) is 1.71. The highest BCUT2D eigenvalue weighted by Crippen LogP contribution is 2.26. The largest absolute Gasteiger partial charge is 0.497 e. The van der Waals surface area contributed by atoms with Crippen molar-refractivity contribution < 1.29 is 4.74 Å². The number of methoxy groups -OCH3 is 1. The highest BCUT2D eigenvalue weighted by Gasteiger charge is 2.19. The van der Waals surface area contributed by atoms with E-state index in [1.807, 2.05) is 12.1 Å². The van der Waals surface area contributed by atoms with Crippen molar-refractivity contribution in [3.63, 3.8) is 0 Å². The molecule has 18 heavy (non-hydrogen) atoms. The van der Waals surface area contributed by atoms with Gasteiger partial charge in [0.05, 0.1) is 7.11 Å². The Morgan fingerprint density at radius 1 is 1.17 bits per heavy atom. The normalized spacial score (nSPS) is 18.6. The van der Waals surface area contributed by atoms with Crippen LogP contribution in [0.4, 0.5) is 0 Å². The second kappa shape index (κ2) is 6.79. The molecule has 1 aliphatic carbocycles. The van der Waals surface area contributed by atoms with Crippen molar-refractivity contribution in [1.82, 2.24) is 5.32 Å². The molecule has 1 aliphatic rings. The number of nitrogens with one attached hydrogen (secondary N) is 1. The Kier molecular flexibility index (Phi) is 5.06. The Morgan fingerprint density at radius 2 is 1.83 bits per heavy atom. The van der Waals surface area contributed by atoms with Crippen LogP contribution < -0.4 is 10.1 Å². The topological polar surface area (TPSA) is 21.3 Å². The van der Waals surface area contributed by atoms with Gasteiger partial charge in [-0.1, -0.05) is 31.4 Å². The summed E-state index contributed by atoms with van der Waals surface area (Å²) in [4.78, 5) is 0. The molecule has 0 spiro atoms. The summed E-state index contributed by atoms with van der Waals surface area (Å²) in [6.07, 6.45) is 7.06. The quantitative estimate of drug-likeness (QED) is 0.855. The minimum absolute atomic E-state index is 0.632. The summed E-state index contributed by atoms with van der Waals surface area (Å²) >= 11 is 0. The summed E-state index contributed by atoms with van der Waals surface area (Å²) < 4.78 is 5.17. The first-order valence-corrected chi connectivity index (χ1v) is 7.16. The van der Waals surface area contributed by atoms with Gasteiger partial charge in [0, 0.05) is 12.6 Å². The Morgan fingerprint density at radius 3 is 2.44 bits per heavy atom. The molecule has 1 atom stereocenters. The average Bonchev–Trinajstić information content (AvgIpc) is 2.46. The molecule has 0 saturated heterocycles. The number of benzene rings is 1. The van der Waals surface area contributed by atoms with E-state index in [-0.39, 0.29) is 0 Å². The monoisotopic (exact) mass is 247 g/mol. The molecule has 1 N–H and O–H groups in total. The maximum absolute atomic E-state index is 5.17. The van der Waals surface area contributed by atoms with Gasteiger partial charge in [0.2, 0.25) is 0 Å². The minimum Gasteiger partial charge on any atom is -0.497 e. The lowest BCUT2D eigenvalue weighted by molar-refractivity contribution is 0.280. The molecule has 0 unspecified atom stereocenters. The average molecular weight is 247 g/mol. The first-order valence-electron chi connectivity index (χ1n) is 7.16. The summed E-state index contributed by atoms with van der Waals surface area (Å²) in [5.74, 6) is 1.80. The molecule has 0 bridgehead atoms. The zero-order chi connectivity index (χ0) is 12.8. The molecule has 0 radical (unpaired) electrons. The smallest absolute Gasteiger partial charge is 0.118 e. The highest BCUT2D eigenvalue weighted by molar-refractivity contribution is 5.27. The Balaban J connectivity index is 1.78. The number of rotatable bonds is 5. The van der Waals surface area contributed by atoms with Gasteiger partial charge in [-0.3, -0.25) is 0 Å². The van der Waals surface area contributed by atoms with E-state index in [4.69, 9.17) is 4.74 Å². The first-order chi connectivity index (χ1) is 8.79. The molecular formula is C16H25NO. The molecule has 1 aromatic rings. The maximum atomic E-state index is 5.17. The van der Waals surface area contributed by atoms with Crippen molar-refractivity contribution in [2.45, 2.75) is 51.6 Å². The SMILES string of the molecule is COc1ccc(CN[C@@H](C)C2CCCCC2)cc1. The van der Waals surface area contributed by atoms with Crippen LogP contribution in [0.5, 0.6) is 5.75 Å². The molecule has 0 amide bonds. The van der Waals surface area contributed by atoms with Crippen molar-refractivity contribution in [1.29, 1.82) is 0 Å². The standard InChI is InChI=1S/C16H25NO/c1-13(15-6-4-3-5-7-15)17-12-14-8-10-16(18-2)11-9-14/h8-11,13,15,17H,3-7,12H2,1-2H3/t13-/m0/s1. The van der Waals surface area contributed by atoms with Crippen molar-refractivity contribution in [2.24, 2.45) is 5.92 Å². The van der Waals surface area contributed by atoms with Gasteiger partial charge < -0.3 is 10.1 Å². The van der Waals surface area contributed by atoms with Crippen LogP contribution >= 0.6 is 0 Å². The zero-order valence-corrected chi connectivity index (χ0v) is 11.6. The van der Waals surface area contributed by atoms with Crippen molar-refractivity contribution >= 4 is 0 Å². The molecule has 0 aromatic heterocycles. The zero-order valence-electron chi connectivity index (χ0n) is 11.6. The van der Waals surface area contributed by atoms with Crippen molar-refractivity contribution in [3.05, 3.63) is 29.8 Å². The van der Waals surface area contributed by atoms with Gasteiger partial charge in [-0.15, -0.1) is 0 Å². The van der Waals surface area contributed by atoms with Gasteiger partial charge in [-0.05, 0) is 43.4 Å². The second-order valence-electron chi connectivity index (χ2n) is 5.42. The van der Waals surface area contributed by atoms with E-state index in [1.165, 1.54) is 37.7 Å². The van der Waals surface area contributed by atoms with Gasteiger partial charge in [-0.2, -0.15) is 0 Å². The minimum atomic E-state index is 0.632. The molecule has 100 valence electrons. The van der Waals surface area contributed by atoms with Gasteiger partial charge in [-0.25, -0.2) is 0 Å². The summed E-state index contributed by atoms with van der Waals surface area (Å²) in [5.41, 5.74) is 1.33. The molecule has 0 aliphatic heterocycles. The molecule has 1 fully saturated rings. The third-order valence-corrected chi connectivity index (χ3v) is 4.14. The van der Waals surface area contributed by atoms with Crippen LogP contribution in [0.2, 0.25) is 0 Å². The fourth-order valence-electron chi connectivity index (χ4n) is 2.82. The third kappa shape index (κ3) is 3.74. The van der Waals surface area contributed by atoms with Crippen LogP contribution in [0, 0.1) is 5.92 Å². The highest BCUT2D eigenvalue weighted by atomic mass is 16.5. The van der Waals surface area contributed by atoms with Crippen molar-refractivity contribution in [2.75, 3.05) is 7.11 Å². The molecule has 0 heterocycles. The molecule has 1 aromatic carbocycles. The predicted octanol–water partition coefficient (Wildman–Crippen LogP) is 3.75. The van der Waals surface area contributed by atoms with Crippen LogP contribution in [0.1, 0.15) is 44.6 Å². The lowest BCUT2D eigenvalue weighted by atomic mass is 9.84. The van der Waals surface area contributed by atoms with E-state index in [1.54, 1.807) is 7.11 Å². The van der Waals surface area contributed by atoms with E-state index in [2.05, 4.69) is 24.4 Å². The first kappa shape index (κ1) is 13.4. The Labute approximate surface area is 111 Å². The van der Waals surface area contributed by atoms with Crippen LogP contribution in [0.15, 0.2) is 24.3 Å². The lowest BCUT2D eigenvalue weighted by Gasteiger charge is -2.28. The molecule has 2 rings (SSSR count). The van der Waals surface area contributed by atoms with Gasteiger partial charge in [0.1, 0.15) is 5.75 Å². The van der Waals surface area contributed by atoms with Gasteiger partial charge in [0.25, 0.3) is 0 Å². The predicted molar refractivity (Wildman–Crippen MR) is 75.9 cm³/mol. The third-order valence-electron chi connectivity index (χ3n) is 4.14. The number of hydrogen-bond donors (Lipinski definition) is 1. The maximum Gasteiger partial charge on any atom is 0.118 e. The number of hydrogen-bond acceptors (Lipinski definition) is 2. The molecule has 2 nitrogen and oxygen atoms in total. The lowest BCUT2D eigenvalue weighted by Crippen LogP contribution is -2.34. The summed E-state index contributed by atoms with van der Waals surface area (Å²) in [6, 6.07) is 8.97. The summed E-state index contributed by atoms with van der Waals surface area (Å²) in [6.45, 7) is 3.29. The Hall–Kier alpha value is -1.02. The Bertz CT molecular complexity index is 341. The van der Waals surface area contributed by atoms with E-state index < -0.39 is 0 Å². The van der Waals surface area contributed by atoms with Crippen LogP contribution in [-0.2, 0) is 6.54 Å². The van der Waals surface area contributed by atoms with Crippen molar-refractivity contribution in [3.8, 4) is 5.75 Å². The van der Waals surface area contributed by atoms with Gasteiger partial charge in [0.15, 0.2) is 0 Å². The molecular weight excluding hydrogens is 222 g/mol. The van der Waals surface area contributed by atoms with Crippen LogP contribution in [0.25, 0.3) is 0 Å². The number of ether oxygens (including phenoxy) is 1. The van der Waals surface area contributed by atoms with E-state index in [0.29, 0.717) is 6.04 Å². The van der Waals surface area contributed by atoms with Gasteiger partial charge >= 0.3 is 0 Å². The fourth-order valence-corrected chi connectivity index (χ4v) is 2.82. The fraction of sp³-hybridized carbons (Fsp3) is 0.625. The summed E-state index contributed by atoms with van der Waals surface area (Å²) in [5, 5.41) is 3.67. The van der Waals surface area contributed by atoms with E-state index >= 15 is 0 Å². The van der Waals surface area contributed by atoms with Crippen LogP contribution in [-0.4, -0.2) is 13.2 Å². The molecule has 1 saturated carbocycles. The van der Waals surface area contributed by atoms with E-state index in [0.717, 1.165) is 18.2 Å². The second-order valence-corrected chi connectivity index (χ2v) is 5.42. The van der Waals surface area contributed by atoms with Crippen LogP contribution in [0.3, 0.4) is 0 Å².